The summed E-state index contributed by atoms with van der Waals surface area (Å²) in [6.07, 6.45) is 0.0995. The number of ether oxygens (including phenoxy) is 1. The Morgan fingerprint density at radius 3 is 2.52 bits per heavy atom. The van der Waals surface area contributed by atoms with Gasteiger partial charge in [-0.3, -0.25) is 14.4 Å². The minimum atomic E-state index is -0.563. The van der Waals surface area contributed by atoms with Crippen LogP contribution in [-0.4, -0.2) is 35.8 Å². The van der Waals surface area contributed by atoms with Gasteiger partial charge in [0.2, 0.25) is 5.91 Å². The van der Waals surface area contributed by atoms with Crippen molar-refractivity contribution in [2.24, 2.45) is 5.92 Å². The number of rotatable bonds is 6. The molecule has 2 atom stereocenters. The van der Waals surface area contributed by atoms with Crippen LogP contribution in [0.4, 0.5) is 5.69 Å². The average Bonchev–Trinajstić information content (AvgIpc) is 3.19. The number of benzene rings is 3. The molecule has 0 spiro atoms. The van der Waals surface area contributed by atoms with Crippen LogP contribution in [0.15, 0.2) is 72.8 Å². The van der Waals surface area contributed by atoms with E-state index in [-0.39, 0.29) is 25.0 Å². The van der Waals surface area contributed by atoms with Gasteiger partial charge in [0.15, 0.2) is 6.61 Å². The molecule has 4 rings (SSSR count). The molecule has 1 N–H and O–H groups in total. The molecular formula is C25H24N2O4. The summed E-state index contributed by atoms with van der Waals surface area (Å²) in [7, 11) is 0. The predicted molar refractivity (Wildman–Crippen MR) is 118 cm³/mol. The molecule has 158 valence electrons. The summed E-state index contributed by atoms with van der Waals surface area (Å²) in [5.74, 6) is -1.58. The molecule has 1 heterocycles. The molecule has 3 aromatic rings. The van der Waals surface area contributed by atoms with Crippen LogP contribution >= 0.6 is 0 Å². The van der Waals surface area contributed by atoms with Crippen LogP contribution in [0.5, 0.6) is 0 Å². The van der Waals surface area contributed by atoms with Gasteiger partial charge in [-0.2, -0.15) is 0 Å². The summed E-state index contributed by atoms with van der Waals surface area (Å²) in [5.41, 5.74) is 1.65. The number of nitrogens with zero attached hydrogens (tertiary/aromatic N) is 1. The van der Waals surface area contributed by atoms with Crippen LogP contribution in [0.2, 0.25) is 0 Å². The maximum atomic E-state index is 12.4. The molecule has 0 unspecified atom stereocenters. The molecule has 0 radical (unpaired) electrons. The zero-order chi connectivity index (χ0) is 21.8. The molecule has 0 saturated carbocycles. The first kappa shape index (κ1) is 20.6. The van der Waals surface area contributed by atoms with Gasteiger partial charge >= 0.3 is 5.97 Å². The maximum absolute atomic E-state index is 12.4. The van der Waals surface area contributed by atoms with Gasteiger partial charge in [0.25, 0.3) is 5.91 Å². The quantitative estimate of drug-likeness (QED) is 0.618. The van der Waals surface area contributed by atoms with Gasteiger partial charge in [0.1, 0.15) is 0 Å². The summed E-state index contributed by atoms with van der Waals surface area (Å²) >= 11 is 0. The van der Waals surface area contributed by atoms with Gasteiger partial charge in [0.05, 0.1) is 12.0 Å². The Labute approximate surface area is 180 Å². The third-order valence-corrected chi connectivity index (χ3v) is 5.62. The monoisotopic (exact) mass is 416 g/mol. The molecule has 3 aromatic carbocycles. The molecule has 2 amide bonds. The van der Waals surface area contributed by atoms with Crippen LogP contribution in [0, 0.1) is 5.92 Å². The molecule has 1 aliphatic heterocycles. The highest BCUT2D eigenvalue weighted by molar-refractivity contribution is 5.96. The van der Waals surface area contributed by atoms with E-state index in [0.717, 1.165) is 16.3 Å². The van der Waals surface area contributed by atoms with Gasteiger partial charge in [-0.1, -0.05) is 60.7 Å². The number of hydrogen-bond donors (Lipinski definition) is 1. The van der Waals surface area contributed by atoms with E-state index >= 15 is 0 Å². The molecule has 1 saturated heterocycles. The highest BCUT2D eigenvalue weighted by Crippen LogP contribution is 2.29. The average molecular weight is 416 g/mol. The zero-order valence-corrected chi connectivity index (χ0v) is 17.3. The van der Waals surface area contributed by atoms with E-state index in [1.54, 1.807) is 11.0 Å². The van der Waals surface area contributed by atoms with Gasteiger partial charge < -0.3 is 15.0 Å². The Morgan fingerprint density at radius 2 is 1.74 bits per heavy atom. The van der Waals surface area contributed by atoms with Crippen molar-refractivity contribution >= 4 is 34.2 Å². The van der Waals surface area contributed by atoms with Crippen molar-refractivity contribution in [3.8, 4) is 0 Å². The lowest BCUT2D eigenvalue weighted by atomic mass is 10.1. The lowest BCUT2D eigenvalue weighted by molar-refractivity contribution is -0.151. The van der Waals surface area contributed by atoms with Crippen molar-refractivity contribution in [2.45, 2.75) is 19.4 Å². The van der Waals surface area contributed by atoms with E-state index in [9.17, 15) is 14.4 Å². The number of amides is 2. The van der Waals surface area contributed by atoms with Gasteiger partial charge in [-0.25, -0.2) is 0 Å². The van der Waals surface area contributed by atoms with Gasteiger partial charge in [0, 0.05) is 18.7 Å². The number of esters is 1. The number of fused-ring (bicyclic) bond motifs is 1. The number of carbonyl (C=O) groups is 3. The molecule has 1 fully saturated rings. The predicted octanol–water partition coefficient (Wildman–Crippen LogP) is 3.93. The SMILES string of the molecule is C[C@H](c1ccccc1)N1C[C@@H](C(=O)OCC(=O)Nc2ccc3ccccc3c2)CC1=O. The lowest BCUT2D eigenvalue weighted by Crippen LogP contribution is -2.30. The Kier molecular flexibility index (Phi) is 5.98. The van der Waals surface area contributed by atoms with E-state index in [4.69, 9.17) is 4.74 Å². The molecule has 0 aromatic heterocycles. The van der Waals surface area contributed by atoms with Crippen LogP contribution in [0.3, 0.4) is 0 Å². The summed E-state index contributed by atoms with van der Waals surface area (Å²) in [5, 5.41) is 4.83. The molecule has 31 heavy (non-hydrogen) atoms. The smallest absolute Gasteiger partial charge is 0.311 e. The fraction of sp³-hybridized carbons (Fsp3) is 0.240. The molecule has 0 aliphatic carbocycles. The second-order valence-corrected chi connectivity index (χ2v) is 7.75. The minimum Gasteiger partial charge on any atom is -0.455 e. The first-order valence-electron chi connectivity index (χ1n) is 10.3. The maximum Gasteiger partial charge on any atom is 0.311 e. The summed E-state index contributed by atoms with van der Waals surface area (Å²) in [4.78, 5) is 38.8. The summed E-state index contributed by atoms with van der Waals surface area (Å²) in [6.45, 7) is 1.85. The zero-order valence-electron chi connectivity index (χ0n) is 17.3. The van der Waals surface area contributed by atoms with E-state index in [2.05, 4.69) is 5.32 Å². The fourth-order valence-electron chi connectivity index (χ4n) is 3.89. The van der Waals surface area contributed by atoms with Crippen molar-refractivity contribution in [1.29, 1.82) is 0 Å². The van der Waals surface area contributed by atoms with E-state index in [0.29, 0.717) is 12.2 Å². The van der Waals surface area contributed by atoms with Crippen LogP contribution in [0.1, 0.15) is 24.9 Å². The van der Waals surface area contributed by atoms with Crippen molar-refractivity contribution in [2.75, 3.05) is 18.5 Å². The molecule has 6 nitrogen and oxygen atoms in total. The third-order valence-electron chi connectivity index (χ3n) is 5.62. The number of likely N-dealkylation sites (tertiary alicyclic amines) is 1. The Hall–Kier alpha value is -3.67. The first-order chi connectivity index (χ1) is 15.0. The minimum absolute atomic E-state index is 0.0843. The van der Waals surface area contributed by atoms with E-state index in [1.807, 2.05) is 73.7 Å². The fourth-order valence-corrected chi connectivity index (χ4v) is 3.89. The number of hydrogen-bond acceptors (Lipinski definition) is 4. The summed E-state index contributed by atoms with van der Waals surface area (Å²) < 4.78 is 5.20. The van der Waals surface area contributed by atoms with E-state index in [1.165, 1.54) is 0 Å². The highest BCUT2D eigenvalue weighted by Gasteiger charge is 2.38. The number of carbonyl (C=O) groups excluding carboxylic acids is 3. The first-order valence-corrected chi connectivity index (χ1v) is 10.3. The third kappa shape index (κ3) is 4.74. The second kappa shape index (κ2) is 9.00. The van der Waals surface area contributed by atoms with Gasteiger partial charge in [-0.05, 0) is 35.4 Å². The topological polar surface area (TPSA) is 75.7 Å². The lowest BCUT2D eigenvalue weighted by Gasteiger charge is -2.25. The number of anilines is 1. The van der Waals surface area contributed by atoms with Crippen molar-refractivity contribution in [3.05, 3.63) is 78.4 Å². The molecular weight excluding hydrogens is 392 g/mol. The Balaban J connectivity index is 1.30. The molecule has 6 heteroatoms. The van der Waals surface area contributed by atoms with Crippen molar-refractivity contribution in [3.63, 3.8) is 0 Å². The second-order valence-electron chi connectivity index (χ2n) is 7.75. The van der Waals surface area contributed by atoms with Crippen LogP contribution < -0.4 is 5.32 Å². The molecule has 1 aliphatic rings. The van der Waals surface area contributed by atoms with Crippen molar-refractivity contribution in [1.82, 2.24) is 4.90 Å². The summed E-state index contributed by atoms with van der Waals surface area (Å²) in [6, 6.07) is 23.0. The Bertz CT molecular complexity index is 1110. The number of nitrogens with one attached hydrogen (secondary N) is 1. The highest BCUT2D eigenvalue weighted by atomic mass is 16.5. The van der Waals surface area contributed by atoms with Crippen LogP contribution in [-0.2, 0) is 19.1 Å². The largest absolute Gasteiger partial charge is 0.455 e. The van der Waals surface area contributed by atoms with E-state index < -0.39 is 17.8 Å². The standard InChI is InChI=1S/C25H24N2O4/c1-17(18-7-3-2-4-8-18)27-15-21(14-24(27)29)25(30)31-16-23(28)26-22-12-11-19-9-5-6-10-20(19)13-22/h2-13,17,21H,14-16H2,1H3,(H,26,28)/t17-,21+/m1/s1. The van der Waals surface area contributed by atoms with Gasteiger partial charge in [-0.15, -0.1) is 0 Å². The van der Waals surface area contributed by atoms with Crippen LogP contribution in [0.25, 0.3) is 10.8 Å². The normalized spacial score (nSPS) is 16.9. The molecule has 0 bridgehead atoms. The van der Waals surface area contributed by atoms with Crippen molar-refractivity contribution < 1.29 is 19.1 Å². The Morgan fingerprint density at radius 1 is 1.03 bits per heavy atom.